The highest BCUT2D eigenvalue weighted by atomic mass is 35.5. The highest BCUT2D eigenvalue weighted by Gasteiger charge is 2.24. The number of aliphatic hydroxyl groups is 1. The first-order valence-electron chi connectivity index (χ1n) is 6.85. The molecule has 0 aromatic heterocycles. The van der Waals surface area contributed by atoms with Gasteiger partial charge in [-0.2, -0.15) is 0 Å². The standard InChI is InChI=1S/C16H26ClNO/c1-12(16(2,3)4)18(5)10-9-15(19)13-7-6-8-14(17)11-13/h6-8,11-12,15,19H,9-10H2,1-5H3. The molecular formula is C16H26ClNO. The Morgan fingerprint density at radius 3 is 2.47 bits per heavy atom. The molecule has 1 aromatic rings. The van der Waals surface area contributed by atoms with Gasteiger partial charge in [-0.15, -0.1) is 0 Å². The molecule has 0 spiro atoms. The Labute approximate surface area is 122 Å². The van der Waals surface area contributed by atoms with E-state index < -0.39 is 6.10 Å². The van der Waals surface area contributed by atoms with Crippen molar-refractivity contribution in [2.45, 2.75) is 46.3 Å². The summed E-state index contributed by atoms with van der Waals surface area (Å²) >= 11 is 5.94. The van der Waals surface area contributed by atoms with E-state index in [-0.39, 0.29) is 5.41 Å². The van der Waals surface area contributed by atoms with Gasteiger partial charge in [0.15, 0.2) is 0 Å². The topological polar surface area (TPSA) is 23.5 Å². The molecule has 19 heavy (non-hydrogen) atoms. The lowest BCUT2D eigenvalue weighted by Crippen LogP contribution is -2.40. The van der Waals surface area contributed by atoms with Gasteiger partial charge in [0.05, 0.1) is 6.10 Å². The Morgan fingerprint density at radius 2 is 1.95 bits per heavy atom. The fraction of sp³-hybridized carbons (Fsp3) is 0.625. The fourth-order valence-electron chi connectivity index (χ4n) is 2.06. The van der Waals surface area contributed by atoms with Crippen molar-refractivity contribution < 1.29 is 5.11 Å². The molecule has 2 unspecified atom stereocenters. The number of rotatable bonds is 5. The summed E-state index contributed by atoms with van der Waals surface area (Å²) < 4.78 is 0. The molecule has 1 rings (SSSR count). The zero-order valence-electron chi connectivity index (χ0n) is 12.7. The van der Waals surface area contributed by atoms with Crippen LogP contribution < -0.4 is 0 Å². The molecule has 0 saturated heterocycles. The third-order valence-corrected chi connectivity index (χ3v) is 4.14. The SMILES string of the molecule is CC(N(C)CCC(O)c1cccc(Cl)c1)C(C)(C)C. The van der Waals surface area contributed by atoms with Crippen LogP contribution in [0.25, 0.3) is 0 Å². The van der Waals surface area contributed by atoms with Gasteiger partial charge in [0, 0.05) is 17.6 Å². The van der Waals surface area contributed by atoms with Crippen LogP contribution >= 0.6 is 11.6 Å². The molecule has 0 aliphatic carbocycles. The van der Waals surface area contributed by atoms with Gasteiger partial charge in [0.2, 0.25) is 0 Å². The second kappa shape index (κ2) is 6.74. The van der Waals surface area contributed by atoms with Crippen molar-refractivity contribution in [3.63, 3.8) is 0 Å². The number of nitrogens with zero attached hydrogens (tertiary/aromatic N) is 1. The molecular weight excluding hydrogens is 258 g/mol. The Hall–Kier alpha value is -0.570. The van der Waals surface area contributed by atoms with Crippen LogP contribution in [-0.4, -0.2) is 29.6 Å². The van der Waals surface area contributed by atoms with E-state index in [0.717, 1.165) is 18.5 Å². The molecule has 0 fully saturated rings. The monoisotopic (exact) mass is 283 g/mol. The van der Waals surface area contributed by atoms with Crippen LogP contribution in [0.3, 0.4) is 0 Å². The van der Waals surface area contributed by atoms with E-state index in [1.807, 2.05) is 24.3 Å². The Morgan fingerprint density at radius 1 is 1.32 bits per heavy atom. The predicted octanol–water partition coefficient (Wildman–Crippen LogP) is 4.13. The number of hydrogen-bond donors (Lipinski definition) is 1. The van der Waals surface area contributed by atoms with Crippen LogP contribution in [-0.2, 0) is 0 Å². The summed E-state index contributed by atoms with van der Waals surface area (Å²) in [6.45, 7) is 9.81. The molecule has 1 N–H and O–H groups in total. The van der Waals surface area contributed by atoms with E-state index in [1.54, 1.807) is 0 Å². The van der Waals surface area contributed by atoms with Crippen LogP contribution in [0.15, 0.2) is 24.3 Å². The van der Waals surface area contributed by atoms with Gasteiger partial charge >= 0.3 is 0 Å². The minimum Gasteiger partial charge on any atom is -0.388 e. The number of hydrogen-bond acceptors (Lipinski definition) is 2. The van der Waals surface area contributed by atoms with Crippen molar-refractivity contribution in [1.29, 1.82) is 0 Å². The summed E-state index contributed by atoms with van der Waals surface area (Å²) in [6.07, 6.45) is 0.269. The number of aliphatic hydroxyl groups excluding tert-OH is 1. The van der Waals surface area contributed by atoms with E-state index >= 15 is 0 Å². The molecule has 3 heteroatoms. The zero-order valence-corrected chi connectivity index (χ0v) is 13.4. The number of halogens is 1. The maximum Gasteiger partial charge on any atom is 0.0802 e. The molecule has 0 radical (unpaired) electrons. The number of benzene rings is 1. The summed E-state index contributed by atoms with van der Waals surface area (Å²) in [4.78, 5) is 2.30. The van der Waals surface area contributed by atoms with Gasteiger partial charge in [-0.1, -0.05) is 44.5 Å². The molecule has 1 aromatic carbocycles. The van der Waals surface area contributed by atoms with Crippen molar-refractivity contribution in [2.75, 3.05) is 13.6 Å². The summed E-state index contributed by atoms with van der Waals surface area (Å²) in [5.74, 6) is 0. The van der Waals surface area contributed by atoms with Gasteiger partial charge < -0.3 is 10.0 Å². The van der Waals surface area contributed by atoms with Gasteiger partial charge in [-0.3, -0.25) is 0 Å². The third-order valence-electron chi connectivity index (χ3n) is 3.90. The molecule has 2 nitrogen and oxygen atoms in total. The van der Waals surface area contributed by atoms with Gasteiger partial charge in [0.25, 0.3) is 0 Å². The first-order chi connectivity index (χ1) is 8.71. The Bertz CT molecular complexity index is 400. The van der Waals surface area contributed by atoms with Gasteiger partial charge in [-0.25, -0.2) is 0 Å². The van der Waals surface area contributed by atoms with Gasteiger partial charge in [-0.05, 0) is 43.5 Å². The van der Waals surface area contributed by atoms with Crippen molar-refractivity contribution in [3.05, 3.63) is 34.9 Å². The van der Waals surface area contributed by atoms with E-state index in [4.69, 9.17) is 11.6 Å². The average molecular weight is 284 g/mol. The second-order valence-electron chi connectivity index (χ2n) is 6.38. The molecule has 0 aliphatic heterocycles. The van der Waals surface area contributed by atoms with Crippen LogP contribution in [0.2, 0.25) is 5.02 Å². The maximum absolute atomic E-state index is 10.2. The smallest absolute Gasteiger partial charge is 0.0802 e. The summed E-state index contributed by atoms with van der Waals surface area (Å²) in [5, 5.41) is 10.9. The summed E-state index contributed by atoms with van der Waals surface area (Å²) in [5.41, 5.74) is 1.14. The van der Waals surface area contributed by atoms with Crippen molar-refractivity contribution >= 4 is 11.6 Å². The molecule has 2 atom stereocenters. The fourth-order valence-corrected chi connectivity index (χ4v) is 2.26. The minimum atomic E-state index is -0.451. The highest BCUT2D eigenvalue weighted by molar-refractivity contribution is 6.30. The second-order valence-corrected chi connectivity index (χ2v) is 6.82. The van der Waals surface area contributed by atoms with Crippen LogP contribution in [0.1, 0.15) is 45.8 Å². The van der Waals surface area contributed by atoms with Crippen LogP contribution in [0.5, 0.6) is 0 Å². The molecule has 0 bridgehead atoms. The summed E-state index contributed by atoms with van der Waals surface area (Å²) in [7, 11) is 2.11. The lowest BCUT2D eigenvalue weighted by molar-refractivity contribution is 0.104. The zero-order chi connectivity index (χ0) is 14.6. The first-order valence-corrected chi connectivity index (χ1v) is 7.23. The van der Waals surface area contributed by atoms with E-state index in [9.17, 15) is 5.11 Å². The Balaban J connectivity index is 2.53. The van der Waals surface area contributed by atoms with Crippen LogP contribution in [0, 0.1) is 5.41 Å². The minimum absolute atomic E-state index is 0.246. The summed E-state index contributed by atoms with van der Waals surface area (Å²) in [6, 6.07) is 7.93. The van der Waals surface area contributed by atoms with Crippen molar-refractivity contribution in [2.24, 2.45) is 5.41 Å². The molecule has 108 valence electrons. The largest absolute Gasteiger partial charge is 0.388 e. The lowest BCUT2D eigenvalue weighted by Gasteiger charge is -2.35. The van der Waals surface area contributed by atoms with Crippen LogP contribution in [0.4, 0.5) is 0 Å². The lowest BCUT2D eigenvalue weighted by atomic mass is 9.87. The van der Waals surface area contributed by atoms with E-state index in [2.05, 4.69) is 39.6 Å². The highest BCUT2D eigenvalue weighted by Crippen LogP contribution is 2.25. The quantitative estimate of drug-likeness (QED) is 0.878. The van der Waals surface area contributed by atoms with Crippen molar-refractivity contribution in [3.8, 4) is 0 Å². The molecule has 0 amide bonds. The van der Waals surface area contributed by atoms with Gasteiger partial charge in [0.1, 0.15) is 0 Å². The predicted molar refractivity (Wildman–Crippen MR) is 82.6 cm³/mol. The first kappa shape index (κ1) is 16.5. The maximum atomic E-state index is 10.2. The van der Waals surface area contributed by atoms with E-state index in [0.29, 0.717) is 11.1 Å². The normalized spacial score (nSPS) is 15.6. The third kappa shape index (κ3) is 5.13. The molecule has 0 saturated carbocycles. The Kier molecular flexibility index (Phi) is 5.84. The van der Waals surface area contributed by atoms with E-state index in [1.165, 1.54) is 0 Å². The van der Waals surface area contributed by atoms with Crippen molar-refractivity contribution in [1.82, 2.24) is 4.90 Å². The molecule has 0 heterocycles. The molecule has 0 aliphatic rings. The average Bonchev–Trinajstić information content (AvgIpc) is 2.33.